The first-order chi connectivity index (χ1) is 16.7. The van der Waals surface area contributed by atoms with Gasteiger partial charge in [-0.25, -0.2) is 4.57 Å². The zero-order valence-corrected chi connectivity index (χ0v) is 21.2. The van der Waals surface area contributed by atoms with Crippen molar-refractivity contribution in [3.63, 3.8) is 0 Å². The molecule has 0 fully saturated rings. The molecule has 1 aliphatic rings. The van der Waals surface area contributed by atoms with Gasteiger partial charge in [-0.2, -0.15) is 0 Å². The third kappa shape index (κ3) is 3.18. The van der Waals surface area contributed by atoms with Gasteiger partial charge in [0.25, 0.3) is 0 Å². The number of hydrogen-bond acceptors (Lipinski definition) is 1. The van der Waals surface area contributed by atoms with Crippen LogP contribution < -0.4 is 7.63 Å². The van der Waals surface area contributed by atoms with Gasteiger partial charge in [0.05, 0.1) is 11.1 Å². The lowest BCUT2D eigenvalue weighted by atomic mass is 9.79. The summed E-state index contributed by atoms with van der Waals surface area (Å²) in [7, 11) is 2.13. The van der Waals surface area contributed by atoms with Gasteiger partial charge in [0.15, 0.2) is 29.2 Å². The van der Waals surface area contributed by atoms with Crippen molar-refractivity contribution in [3.05, 3.63) is 109 Å². The van der Waals surface area contributed by atoms with Crippen LogP contribution in [0.5, 0.6) is 5.75 Å². The molecule has 0 unspecified atom stereocenters. The molecule has 0 bridgehead atoms. The van der Waals surface area contributed by atoms with E-state index in [1.165, 1.54) is 55.8 Å². The number of aryl methyl sites for hydroxylation is 1. The minimum absolute atomic E-state index is 0.889. The summed E-state index contributed by atoms with van der Waals surface area (Å²) in [5.41, 5.74) is 13.5. The third-order valence-electron chi connectivity index (χ3n) is 6.87. The van der Waals surface area contributed by atoms with Crippen molar-refractivity contribution in [1.82, 2.24) is 0 Å². The van der Waals surface area contributed by atoms with E-state index >= 15 is 0 Å². The van der Waals surface area contributed by atoms with E-state index in [4.69, 9.17) is 3.07 Å². The fraction of sp³-hybridized carbons (Fsp3) is 0.0645. The molecule has 0 aliphatic heterocycles. The van der Waals surface area contributed by atoms with Crippen molar-refractivity contribution in [1.29, 1.82) is 0 Å². The van der Waals surface area contributed by atoms with Crippen LogP contribution in [-0.2, 0) is 7.05 Å². The maximum atomic E-state index is 5.67. The second-order valence-corrected chi connectivity index (χ2v) is 9.15. The van der Waals surface area contributed by atoms with Crippen LogP contribution in [0.15, 0.2) is 103 Å². The molecule has 1 heterocycles. The number of aromatic nitrogens is 1. The summed E-state index contributed by atoms with van der Waals surface area (Å²) in [5.74, 6) is 0.889. The SMILES string of the molecule is Cc1c(OI)cccc1-c1c2c(cc[n+]1C)-c1ccccc1-c1ccccc1-c1ccccc1-2. The molecular weight excluding hydrogens is 529 g/mol. The molecule has 0 amide bonds. The van der Waals surface area contributed by atoms with Gasteiger partial charge in [-0.1, -0.05) is 78.9 Å². The molecule has 1 aliphatic carbocycles. The molecule has 34 heavy (non-hydrogen) atoms. The minimum atomic E-state index is 0.889. The highest BCUT2D eigenvalue weighted by molar-refractivity contribution is 14.1. The quantitative estimate of drug-likeness (QED) is 0.156. The lowest BCUT2D eigenvalue weighted by Crippen LogP contribution is -2.31. The van der Waals surface area contributed by atoms with E-state index in [0.29, 0.717) is 0 Å². The Kier molecular flexibility index (Phi) is 5.22. The molecule has 0 saturated carbocycles. The van der Waals surface area contributed by atoms with Crippen LogP contribution in [0.3, 0.4) is 0 Å². The van der Waals surface area contributed by atoms with Gasteiger partial charge in [0.1, 0.15) is 12.8 Å². The average molecular weight is 552 g/mol. The fourth-order valence-corrected chi connectivity index (χ4v) is 5.74. The maximum Gasteiger partial charge on any atom is 0.221 e. The summed E-state index contributed by atoms with van der Waals surface area (Å²) in [6, 6.07) is 34.9. The Labute approximate surface area is 214 Å². The molecule has 0 atom stereocenters. The largest absolute Gasteiger partial charge is 0.427 e. The smallest absolute Gasteiger partial charge is 0.221 e. The molecular formula is C31H23INO+. The van der Waals surface area contributed by atoms with Gasteiger partial charge in [0, 0.05) is 17.2 Å². The maximum absolute atomic E-state index is 5.67. The first-order valence-corrected chi connectivity index (χ1v) is 12.3. The van der Waals surface area contributed by atoms with Crippen LogP contribution in [-0.4, -0.2) is 0 Å². The van der Waals surface area contributed by atoms with Crippen LogP contribution in [0.4, 0.5) is 0 Å². The van der Waals surface area contributed by atoms with Crippen LogP contribution in [0, 0.1) is 6.92 Å². The van der Waals surface area contributed by atoms with E-state index in [9.17, 15) is 0 Å². The number of nitrogens with zero attached hydrogens (tertiary/aromatic N) is 1. The van der Waals surface area contributed by atoms with Gasteiger partial charge in [-0.05, 0) is 52.4 Å². The van der Waals surface area contributed by atoms with Crippen LogP contribution in [0.25, 0.3) is 55.8 Å². The number of hydrogen-bond donors (Lipinski definition) is 0. The first kappa shape index (κ1) is 21.1. The van der Waals surface area contributed by atoms with E-state index in [1.807, 2.05) is 29.1 Å². The number of fused-ring (bicyclic) bond motifs is 8. The Bertz CT molecular complexity index is 1560. The van der Waals surface area contributed by atoms with E-state index in [-0.39, 0.29) is 0 Å². The van der Waals surface area contributed by atoms with Crippen molar-refractivity contribution < 1.29 is 7.63 Å². The van der Waals surface area contributed by atoms with E-state index < -0.39 is 0 Å². The van der Waals surface area contributed by atoms with Gasteiger partial charge < -0.3 is 3.07 Å². The standard InChI is InChI=1S/C31H23INO/c1-20-21(16-9-17-29(20)34-32)31-30-27-15-8-7-13-25(27)23-11-4-3-10-22(23)24-12-5-6-14-26(24)28(30)18-19-33(31)2/h3-19H,1-2H3/q+1. The highest BCUT2D eigenvalue weighted by atomic mass is 127. The predicted octanol–water partition coefficient (Wildman–Crippen LogP) is 8.20. The van der Waals surface area contributed by atoms with Gasteiger partial charge in [-0.15, -0.1) is 0 Å². The molecule has 0 spiro atoms. The van der Waals surface area contributed by atoms with Crippen LogP contribution in [0.2, 0.25) is 0 Å². The number of halogens is 1. The lowest BCUT2D eigenvalue weighted by molar-refractivity contribution is -0.659. The average Bonchev–Trinajstić information content (AvgIpc) is 2.88. The molecule has 3 heteroatoms. The summed E-state index contributed by atoms with van der Waals surface area (Å²) in [5, 5.41) is 0. The number of rotatable bonds is 2. The van der Waals surface area contributed by atoms with Gasteiger partial charge in [0.2, 0.25) is 5.69 Å². The molecule has 164 valence electrons. The highest BCUT2D eigenvalue weighted by Crippen LogP contribution is 2.49. The Hall–Kier alpha value is -3.44. The molecule has 2 nitrogen and oxygen atoms in total. The minimum Gasteiger partial charge on any atom is -0.427 e. The van der Waals surface area contributed by atoms with Gasteiger partial charge >= 0.3 is 0 Å². The van der Waals surface area contributed by atoms with Crippen LogP contribution in [0.1, 0.15) is 5.56 Å². The van der Waals surface area contributed by atoms with Crippen LogP contribution >= 0.6 is 23.0 Å². The Morgan fingerprint density at radius 3 is 1.59 bits per heavy atom. The monoisotopic (exact) mass is 552 g/mol. The molecule has 0 saturated heterocycles. The molecule has 0 N–H and O–H groups in total. The van der Waals surface area contributed by atoms with Crippen molar-refractivity contribution in [3.8, 4) is 61.5 Å². The first-order valence-electron chi connectivity index (χ1n) is 11.4. The Morgan fingerprint density at radius 2 is 1.03 bits per heavy atom. The Morgan fingerprint density at radius 1 is 0.559 bits per heavy atom. The zero-order chi connectivity index (χ0) is 23.2. The molecule has 6 rings (SSSR count). The van der Waals surface area contributed by atoms with E-state index in [0.717, 1.165) is 11.3 Å². The third-order valence-corrected chi connectivity index (χ3v) is 7.34. The second-order valence-electron chi connectivity index (χ2n) is 8.71. The zero-order valence-electron chi connectivity index (χ0n) is 19.0. The van der Waals surface area contributed by atoms with E-state index in [2.05, 4.69) is 116 Å². The normalized spacial score (nSPS) is 11.4. The fourth-order valence-electron chi connectivity index (χ4n) is 5.27. The topological polar surface area (TPSA) is 13.1 Å². The molecule has 0 radical (unpaired) electrons. The molecule has 4 aromatic carbocycles. The summed E-state index contributed by atoms with van der Waals surface area (Å²) >= 11 is 1.97. The van der Waals surface area contributed by atoms with E-state index in [1.54, 1.807) is 0 Å². The lowest BCUT2D eigenvalue weighted by Gasteiger charge is -2.24. The number of benzene rings is 4. The summed E-state index contributed by atoms with van der Waals surface area (Å²) in [6.45, 7) is 2.14. The van der Waals surface area contributed by atoms with Crippen molar-refractivity contribution in [2.45, 2.75) is 6.92 Å². The predicted molar refractivity (Wildman–Crippen MR) is 148 cm³/mol. The molecule has 1 aromatic heterocycles. The van der Waals surface area contributed by atoms with Crippen molar-refractivity contribution >= 4 is 23.0 Å². The summed E-state index contributed by atoms with van der Waals surface area (Å²) in [4.78, 5) is 0. The summed E-state index contributed by atoms with van der Waals surface area (Å²) in [6.07, 6.45) is 2.18. The summed E-state index contributed by atoms with van der Waals surface area (Å²) < 4.78 is 7.91. The second kappa shape index (κ2) is 8.41. The van der Waals surface area contributed by atoms with Crippen molar-refractivity contribution in [2.75, 3.05) is 0 Å². The van der Waals surface area contributed by atoms with Gasteiger partial charge in [-0.3, -0.25) is 0 Å². The number of pyridine rings is 1. The highest BCUT2D eigenvalue weighted by Gasteiger charge is 2.29. The molecule has 5 aromatic rings. The van der Waals surface area contributed by atoms with Crippen molar-refractivity contribution in [2.24, 2.45) is 7.05 Å². The Balaban J connectivity index is 1.82.